The van der Waals surface area contributed by atoms with E-state index < -0.39 is 0 Å². The molecule has 4 heterocycles. The van der Waals surface area contributed by atoms with Crippen LogP contribution in [-0.2, 0) is 33.9 Å². The van der Waals surface area contributed by atoms with Crippen LogP contribution in [0.3, 0.4) is 0 Å². The van der Waals surface area contributed by atoms with E-state index in [0.717, 1.165) is 74.4 Å². The first-order valence-electron chi connectivity index (χ1n) is 19.3. The zero-order valence-electron chi connectivity index (χ0n) is 32.2. The van der Waals surface area contributed by atoms with Crippen molar-refractivity contribution in [1.82, 2.24) is 23.9 Å². The molecule has 0 aliphatic rings. The third-order valence-corrected chi connectivity index (χ3v) is 11.1. The fraction of sp³-hybridized carbons (Fsp3) is 0.120. The van der Waals surface area contributed by atoms with Crippen molar-refractivity contribution >= 4 is 43.6 Å². The first-order chi connectivity index (χ1) is 27.5. The van der Waals surface area contributed by atoms with Gasteiger partial charge in [-0.15, -0.1) is 35.7 Å². The van der Waals surface area contributed by atoms with E-state index in [-0.39, 0.29) is 21.1 Å². The second-order valence-electron chi connectivity index (χ2n) is 14.3. The normalized spacial score (nSPS) is 11.5. The van der Waals surface area contributed by atoms with E-state index in [1.165, 1.54) is 32.9 Å². The van der Waals surface area contributed by atoms with Gasteiger partial charge in [-0.05, 0) is 66.6 Å². The average molecular weight is 921 g/mol. The molecule has 0 aliphatic carbocycles. The van der Waals surface area contributed by atoms with Crippen LogP contribution in [0.15, 0.2) is 140 Å². The summed E-state index contributed by atoms with van der Waals surface area (Å²) in [6.07, 6.45) is 3.80. The molecule has 7 heteroatoms. The molecule has 6 nitrogen and oxygen atoms in total. The van der Waals surface area contributed by atoms with E-state index >= 15 is 0 Å². The van der Waals surface area contributed by atoms with E-state index in [4.69, 9.17) is 14.8 Å². The van der Waals surface area contributed by atoms with Crippen molar-refractivity contribution in [3.05, 3.63) is 174 Å². The molecule has 0 N–H and O–H groups in total. The Morgan fingerprint density at radius 1 is 0.614 bits per heavy atom. The van der Waals surface area contributed by atoms with Crippen LogP contribution in [0.2, 0.25) is 0 Å². The molecule has 0 bridgehead atoms. The predicted octanol–water partition coefficient (Wildman–Crippen LogP) is 12.3. The monoisotopic (exact) mass is 920 g/mol. The van der Waals surface area contributed by atoms with Gasteiger partial charge in [-0.1, -0.05) is 104 Å². The summed E-state index contributed by atoms with van der Waals surface area (Å²) in [5.74, 6) is 1.99. The summed E-state index contributed by atoms with van der Waals surface area (Å²) in [5.41, 5.74) is 13.3. The largest absolute Gasteiger partial charge is 2.00 e. The molecule has 4 aromatic heterocycles. The van der Waals surface area contributed by atoms with Crippen LogP contribution in [0.1, 0.15) is 36.4 Å². The van der Waals surface area contributed by atoms with Gasteiger partial charge in [0.05, 0.1) is 22.4 Å². The van der Waals surface area contributed by atoms with Gasteiger partial charge in [0.1, 0.15) is 5.82 Å². The second kappa shape index (κ2) is 14.7. The van der Waals surface area contributed by atoms with Crippen molar-refractivity contribution in [2.45, 2.75) is 40.5 Å². The molecule has 57 heavy (non-hydrogen) atoms. The van der Waals surface area contributed by atoms with E-state index in [0.29, 0.717) is 11.5 Å². The van der Waals surface area contributed by atoms with E-state index in [1.54, 1.807) is 0 Å². The van der Waals surface area contributed by atoms with Crippen LogP contribution in [-0.4, -0.2) is 23.9 Å². The van der Waals surface area contributed by atoms with Crippen molar-refractivity contribution in [3.63, 3.8) is 0 Å². The summed E-state index contributed by atoms with van der Waals surface area (Å²) < 4.78 is 13.1. The van der Waals surface area contributed by atoms with E-state index in [9.17, 15) is 0 Å². The first-order valence-corrected chi connectivity index (χ1v) is 19.3. The summed E-state index contributed by atoms with van der Waals surface area (Å²) in [6.45, 7) is 8.62. The molecule has 0 radical (unpaired) electrons. The van der Waals surface area contributed by atoms with Gasteiger partial charge in [0.25, 0.3) is 0 Å². The summed E-state index contributed by atoms with van der Waals surface area (Å²) in [6, 6.07) is 53.7. The Kier molecular flexibility index (Phi) is 9.38. The standard InChI is InChI=1S/C50H39N5O.Pt/c1-5-34-17-12-22-43-44-23-13-18-35(6-2)50(44)53(49(34)43)37-27-28-51-47(30-37)54-45-24-11-10-21-41(45)42-26-25-40(31-46(42)54)56-39-20-14-19-38(29-39)55-33(4)48(32(3)52-55)36-15-8-7-9-16-36;/h7-28,30H,5-6H2,1-4H3;/q-2;+2. The number of hydrogen-bond donors (Lipinski definition) is 0. The number of hydrogen-bond acceptors (Lipinski definition) is 3. The Hall–Kier alpha value is -6.23. The van der Waals surface area contributed by atoms with Crippen LogP contribution in [0.4, 0.5) is 0 Å². The molecule has 10 rings (SSSR count). The smallest absolute Gasteiger partial charge is 0.509 e. The molecule has 0 saturated carbocycles. The molecule has 0 atom stereocenters. The van der Waals surface area contributed by atoms with E-state index in [2.05, 4.69) is 145 Å². The van der Waals surface area contributed by atoms with Gasteiger partial charge < -0.3 is 13.9 Å². The third kappa shape index (κ3) is 5.98. The van der Waals surface area contributed by atoms with Crippen molar-refractivity contribution < 1.29 is 25.8 Å². The first kappa shape index (κ1) is 36.4. The fourth-order valence-corrected chi connectivity index (χ4v) is 8.56. The number of para-hydroxylation sites is 3. The van der Waals surface area contributed by atoms with Gasteiger partial charge in [0.2, 0.25) is 0 Å². The maximum absolute atomic E-state index is 6.54. The summed E-state index contributed by atoms with van der Waals surface area (Å²) in [7, 11) is 0. The molecule has 0 aliphatic heterocycles. The Bertz CT molecular complexity index is 3060. The zero-order chi connectivity index (χ0) is 37.9. The number of nitrogens with zero attached hydrogens (tertiary/aromatic N) is 5. The number of benzene rings is 6. The minimum absolute atomic E-state index is 0. The number of fused-ring (bicyclic) bond motifs is 6. The van der Waals surface area contributed by atoms with Crippen LogP contribution < -0.4 is 4.74 Å². The zero-order valence-corrected chi connectivity index (χ0v) is 34.4. The van der Waals surface area contributed by atoms with Gasteiger partial charge in [-0.25, -0.2) is 4.98 Å². The Labute approximate surface area is 346 Å². The molecule has 6 aromatic carbocycles. The van der Waals surface area contributed by atoms with E-state index in [1.807, 2.05) is 48.1 Å². The fourth-order valence-electron chi connectivity index (χ4n) is 8.56. The van der Waals surface area contributed by atoms with Crippen LogP contribution in [0.5, 0.6) is 11.5 Å². The maximum Gasteiger partial charge on any atom is 2.00 e. The second-order valence-corrected chi connectivity index (χ2v) is 14.3. The van der Waals surface area contributed by atoms with Crippen LogP contribution >= 0.6 is 0 Å². The molecule has 0 amide bonds. The third-order valence-electron chi connectivity index (χ3n) is 11.1. The van der Waals surface area contributed by atoms with Crippen molar-refractivity contribution in [2.75, 3.05) is 0 Å². The molecule has 0 fully saturated rings. The molecule has 280 valence electrons. The van der Waals surface area contributed by atoms with Gasteiger partial charge >= 0.3 is 21.1 Å². The number of pyridine rings is 1. The maximum atomic E-state index is 6.54. The number of ether oxygens (including phenoxy) is 1. The van der Waals surface area contributed by atoms with Crippen LogP contribution in [0.25, 0.3) is 71.9 Å². The van der Waals surface area contributed by atoms with Crippen molar-refractivity contribution in [3.8, 4) is 39.8 Å². The van der Waals surface area contributed by atoms with Crippen LogP contribution in [0, 0.1) is 26.0 Å². The van der Waals surface area contributed by atoms with Gasteiger partial charge in [0, 0.05) is 51.3 Å². The quantitative estimate of drug-likeness (QED) is 0.143. The molecule has 10 aromatic rings. The van der Waals surface area contributed by atoms with Gasteiger partial charge in [-0.2, -0.15) is 17.2 Å². The Morgan fingerprint density at radius 2 is 1.28 bits per heavy atom. The Balaban J connectivity index is 0.00000422. The summed E-state index contributed by atoms with van der Waals surface area (Å²) in [4.78, 5) is 5.01. The summed E-state index contributed by atoms with van der Waals surface area (Å²) >= 11 is 0. The molecule has 0 saturated heterocycles. The van der Waals surface area contributed by atoms with Gasteiger partial charge in [-0.3, -0.25) is 4.68 Å². The topological polar surface area (TPSA) is 49.8 Å². The van der Waals surface area contributed by atoms with Crippen molar-refractivity contribution in [1.29, 1.82) is 0 Å². The average Bonchev–Trinajstić information content (AvgIpc) is 3.87. The molecule has 0 unspecified atom stereocenters. The number of aryl methyl sites for hydroxylation is 3. The SMILES string of the molecule is CCc1cccc2c3cccc(CC)c3n(-c3ccnc(-n4c5[c-]c(Oc6[c-]c(-n7nc(C)c(-c8ccccc8)c7C)ccc6)ccc5c5ccccc54)c3)c12.[Pt+2]. The van der Waals surface area contributed by atoms with Gasteiger partial charge in [0.15, 0.2) is 0 Å². The molecule has 0 spiro atoms. The minimum atomic E-state index is 0. The number of rotatable bonds is 8. The van der Waals surface area contributed by atoms with Crippen molar-refractivity contribution in [2.24, 2.45) is 0 Å². The predicted molar refractivity (Wildman–Crippen MR) is 228 cm³/mol. The summed E-state index contributed by atoms with van der Waals surface area (Å²) in [5, 5.41) is 9.65. The number of aromatic nitrogens is 5. The Morgan fingerprint density at radius 3 is 2.02 bits per heavy atom. The molecular formula is C50H39N5OPt. The molecular weight excluding hydrogens is 882 g/mol. The minimum Gasteiger partial charge on any atom is -0.509 e.